The van der Waals surface area contributed by atoms with Crippen molar-refractivity contribution in [2.75, 3.05) is 0 Å². The summed E-state index contributed by atoms with van der Waals surface area (Å²) in [5, 5.41) is 8.96. The van der Waals surface area contributed by atoms with Crippen molar-refractivity contribution >= 4 is 0 Å². The molecule has 1 heterocycles. The normalized spacial score (nSPS) is 14.7. The monoisotopic (exact) mass is 242 g/mol. The summed E-state index contributed by atoms with van der Waals surface area (Å²) in [6.45, 7) is -0.270. The molecule has 0 atom stereocenters. The minimum atomic E-state index is -0.270. The molecule has 1 aliphatic rings. The van der Waals surface area contributed by atoms with E-state index in [2.05, 4.69) is 22.1 Å². The Morgan fingerprint density at radius 3 is 2.50 bits per heavy atom. The van der Waals surface area contributed by atoms with Crippen molar-refractivity contribution in [1.29, 1.82) is 0 Å². The molecule has 2 N–H and O–H groups in total. The molecule has 1 aromatic carbocycles. The number of aliphatic hydroxyl groups is 1. The van der Waals surface area contributed by atoms with Crippen LogP contribution < -0.4 is 5.56 Å². The van der Waals surface area contributed by atoms with E-state index in [9.17, 15) is 4.79 Å². The highest BCUT2D eigenvalue weighted by molar-refractivity contribution is 5.35. The van der Waals surface area contributed by atoms with E-state index in [4.69, 9.17) is 5.11 Å². The first kappa shape index (κ1) is 11.2. The third-order valence-corrected chi connectivity index (χ3v) is 3.50. The van der Waals surface area contributed by atoms with Crippen molar-refractivity contribution in [3.05, 3.63) is 63.3 Å². The Kier molecular flexibility index (Phi) is 2.72. The molecule has 0 unspecified atom stereocenters. The fourth-order valence-corrected chi connectivity index (χ4v) is 2.51. The average molecular weight is 242 g/mol. The maximum atomic E-state index is 11.6. The number of fused-ring (bicyclic) bond motifs is 1. The van der Waals surface area contributed by atoms with E-state index in [-0.39, 0.29) is 18.1 Å². The summed E-state index contributed by atoms with van der Waals surface area (Å²) in [6, 6.07) is 8.31. The quantitative estimate of drug-likeness (QED) is 0.830. The Morgan fingerprint density at radius 2 is 1.94 bits per heavy atom. The number of nitrogens with zero attached hydrogens (tertiary/aromatic N) is 1. The van der Waals surface area contributed by atoms with Gasteiger partial charge in [-0.15, -0.1) is 0 Å². The second-order valence-corrected chi connectivity index (χ2v) is 4.65. The van der Waals surface area contributed by atoms with Gasteiger partial charge in [0.2, 0.25) is 0 Å². The third-order valence-electron chi connectivity index (χ3n) is 3.50. The fraction of sp³-hybridized carbons (Fsp3) is 0.286. The lowest BCUT2D eigenvalue weighted by atomic mass is 10.1. The van der Waals surface area contributed by atoms with Crippen LogP contribution in [0.1, 0.15) is 28.4 Å². The lowest BCUT2D eigenvalue weighted by Crippen LogP contribution is -2.18. The molecule has 92 valence electrons. The van der Waals surface area contributed by atoms with Gasteiger partial charge in [0.05, 0.1) is 12.2 Å². The Labute approximate surface area is 104 Å². The van der Waals surface area contributed by atoms with E-state index in [0.29, 0.717) is 11.4 Å². The van der Waals surface area contributed by atoms with Crippen molar-refractivity contribution in [1.82, 2.24) is 9.97 Å². The van der Waals surface area contributed by atoms with Gasteiger partial charge in [-0.2, -0.15) is 0 Å². The molecule has 0 spiro atoms. The van der Waals surface area contributed by atoms with Gasteiger partial charge < -0.3 is 10.1 Å². The van der Waals surface area contributed by atoms with E-state index >= 15 is 0 Å². The molecule has 1 aromatic heterocycles. The largest absolute Gasteiger partial charge is 0.391 e. The topological polar surface area (TPSA) is 66.0 Å². The first-order valence-electron chi connectivity index (χ1n) is 6.03. The molecule has 0 radical (unpaired) electrons. The highest BCUT2D eigenvalue weighted by Gasteiger charge is 2.24. The molecule has 0 aliphatic heterocycles. The van der Waals surface area contributed by atoms with E-state index < -0.39 is 0 Å². The van der Waals surface area contributed by atoms with Gasteiger partial charge >= 0.3 is 0 Å². The highest BCUT2D eigenvalue weighted by atomic mass is 16.3. The number of rotatable bonds is 2. The maximum absolute atomic E-state index is 11.6. The van der Waals surface area contributed by atoms with Crippen LogP contribution in [0.25, 0.3) is 0 Å². The zero-order valence-electron chi connectivity index (χ0n) is 9.89. The summed E-state index contributed by atoms with van der Waals surface area (Å²) >= 11 is 0. The van der Waals surface area contributed by atoms with Crippen molar-refractivity contribution < 1.29 is 5.11 Å². The summed E-state index contributed by atoms with van der Waals surface area (Å²) < 4.78 is 0. The van der Waals surface area contributed by atoms with Crippen LogP contribution in [0.15, 0.2) is 35.3 Å². The Hall–Kier alpha value is -1.94. The molecular formula is C14H14N2O2. The van der Waals surface area contributed by atoms with Crippen LogP contribution in [-0.4, -0.2) is 15.1 Å². The van der Waals surface area contributed by atoms with Gasteiger partial charge in [0.1, 0.15) is 5.82 Å². The van der Waals surface area contributed by atoms with Crippen LogP contribution in [-0.2, 0) is 19.4 Å². The Bertz CT molecular complexity index is 609. The summed E-state index contributed by atoms with van der Waals surface area (Å²) in [7, 11) is 0. The number of aliphatic hydroxyl groups excluding tert-OH is 1. The summed E-state index contributed by atoms with van der Waals surface area (Å²) in [5.41, 5.74) is 2.74. The van der Waals surface area contributed by atoms with Crippen LogP contribution >= 0.6 is 0 Å². The number of aromatic amines is 1. The van der Waals surface area contributed by atoms with Crippen LogP contribution in [0.5, 0.6) is 0 Å². The van der Waals surface area contributed by atoms with Crippen LogP contribution in [0.4, 0.5) is 0 Å². The number of aromatic nitrogens is 2. The van der Waals surface area contributed by atoms with Gasteiger partial charge in [-0.05, 0) is 24.0 Å². The first-order chi connectivity index (χ1) is 8.78. The number of hydrogen-bond acceptors (Lipinski definition) is 3. The van der Waals surface area contributed by atoms with Crippen molar-refractivity contribution in [2.24, 2.45) is 0 Å². The SMILES string of the molecule is O=c1[nH]c(C2Cc3ccccc3C2)ncc1CO. The molecule has 4 nitrogen and oxygen atoms in total. The van der Waals surface area contributed by atoms with Crippen LogP contribution in [0.3, 0.4) is 0 Å². The third kappa shape index (κ3) is 1.84. The van der Waals surface area contributed by atoms with E-state index in [1.54, 1.807) is 0 Å². The van der Waals surface area contributed by atoms with Crippen molar-refractivity contribution in [3.8, 4) is 0 Å². The average Bonchev–Trinajstić information content (AvgIpc) is 2.82. The van der Waals surface area contributed by atoms with E-state index in [1.165, 1.54) is 17.3 Å². The zero-order valence-corrected chi connectivity index (χ0v) is 9.89. The van der Waals surface area contributed by atoms with E-state index in [0.717, 1.165) is 12.8 Å². The molecule has 0 saturated carbocycles. The molecule has 0 saturated heterocycles. The summed E-state index contributed by atoms with van der Waals surface area (Å²) in [4.78, 5) is 18.7. The molecule has 1 aliphatic carbocycles. The number of H-pyrrole nitrogens is 1. The maximum Gasteiger partial charge on any atom is 0.256 e. The van der Waals surface area contributed by atoms with Gasteiger partial charge in [-0.25, -0.2) is 4.98 Å². The molecule has 3 rings (SSSR count). The molecule has 2 aromatic rings. The van der Waals surface area contributed by atoms with Crippen molar-refractivity contribution in [2.45, 2.75) is 25.4 Å². The predicted molar refractivity (Wildman–Crippen MR) is 67.4 cm³/mol. The minimum Gasteiger partial charge on any atom is -0.391 e. The van der Waals surface area contributed by atoms with Crippen molar-refractivity contribution in [3.63, 3.8) is 0 Å². The van der Waals surface area contributed by atoms with E-state index in [1.807, 2.05) is 12.1 Å². The highest BCUT2D eigenvalue weighted by Crippen LogP contribution is 2.31. The summed E-state index contributed by atoms with van der Waals surface area (Å²) in [6.07, 6.45) is 3.30. The number of nitrogens with one attached hydrogen (secondary N) is 1. The molecule has 0 bridgehead atoms. The van der Waals surface area contributed by atoms with Gasteiger partial charge in [-0.1, -0.05) is 24.3 Å². The second kappa shape index (κ2) is 4.38. The zero-order chi connectivity index (χ0) is 12.5. The molecular weight excluding hydrogens is 228 g/mol. The minimum absolute atomic E-state index is 0.238. The lowest BCUT2D eigenvalue weighted by molar-refractivity contribution is 0.279. The van der Waals surface area contributed by atoms with Gasteiger partial charge in [0.25, 0.3) is 5.56 Å². The Morgan fingerprint density at radius 1 is 1.28 bits per heavy atom. The molecule has 4 heteroatoms. The fourth-order valence-electron chi connectivity index (χ4n) is 2.51. The molecule has 18 heavy (non-hydrogen) atoms. The predicted octanol–water partition coefficient (Wildman–Crippen LogP) is 1.14. The van der Waals surface area contributed by atoms with Gasteiger partial charge in [-0.3, -0.25) is 4.79 Å². The first-order valence-corrected chi connectivity index (χ1v) is 6.03. The standard InChI is InChI=1S/C14H14N2O2/c17-8-12-7-15-13(16-14(12)18)11-5-9-3-1-2-4-10(9)6-11/h1-4,7,11,17H,5-6,8H2,(H,15,16,18). The van der Waals surface area contributed by atoms with Crippen LogP contribution in [0.2, 0.25) is 0 Å². The molecule has 0 amide bonds. The Balaban J connectivity index is 1.91. The molecule has 0 fully saturated rings. The second-order valence-electron chi connectivity index (χ2n) is 4.65. The smallest absolute Gasteiger partial charge is 0.256 e. The number of hydrogen-bond donors (Lipinski definition) is 2. The number of benzene rings is 1. The van der Waals surface area contributed by atoms with Gasteiger partial charge in [0, 0.05) is 12.1 Å². The van der Waals surface area contributed by atoms with Gasteiger partial charge in [0.15, 0.2) is 0 Å². The lowest BCUT2D eigenvalue weighted by Gasteiger charge is -2.08. The van der Waals surface area contributed by atoms with Crippen LogP contribution in [0, 0.1) is 0 Å². The summed E-state index contributed by atoms with van der Waals surface area (Å²) in [5.74, 6) is 0.955.